The first-order valence-electron chi connectivity index (χ1n) is 7.20. The van der Waals surface area contributed by atoms with Crippen LogP contribution in [-0.2, 0) is 9.53 Å². The van der Waals surface area contributed by atoms with E-state index >= 15 is 0 Å². The quantitative estimate of drug-likeness (QED) is 0.819. The van der Waals surface area contributed by atoms with Crippen molar-refractivity contribution in [3.05, 3.63) is 48.2 Å². The van der Waals surface area contributed by atoms with Crippen LogP contribution < -0.4 is 10.1 Å². The lowest BCUT2D eigenvalue weighted by Gasteiger charge is -2.08. The van der Waals surface area contributed by atoms with Crippen LogP contribution in [-0.4, -0.2) is 23.5 Å². The van der Waals surface area contributed by atoms with E-state index in [1.54, 1.807) is 37.3 Å². The third kappa shape index (κ3) is 4.81. The standard InChI is InChI=1S/C17H15N3O4/c1-2-23-17(22)12-7-9-19-16(10-12)24-14-5-3-4-13(11-14)20-15(21)6-8-18/h3-5,7,9-11H,2,6H2,1H3,(H,20,21). The van der Waals surface area contributed by atoms with Gasteiger partial charge in [0, 0.05) is 24.0 Å². The van der Waals surface area contributed by atoms with Crippen LogP contribution >= 0.6 is 0 Å². The third-order valence-electron chi connectivity index (χ3n) is 2.83. The van der Waals surface area contributed by atoms with Crippen molar-refractivity contribution in [2.45, 2.75) is 13.3 Å². The minimum Gasteiger partial charge on any atom is -0.462 e. The van der Waals surface area contributed by atoms with Crippen molar-refractivity contribution in [2.24, 2.45) is 0 Å². The lowest BCUT2D eigenvalue weighted by molar-refractivity contribution is -0.115. The number of hydrogen-bond donors (Lipinski definition) is 1. The Morgan fingerprint density at radius 2 is 2.12 bits per heavy atom. The number of aromatic nitrogens is 1. The molecule has 0 radical (unpaired) electrons. The minimum atomic E-state index is -0.456. The molecular weight excluding hydrogens is 310 g/mol. The summed E-state index contributed by atoms with van der Waals surface area (Å²) in [5, 5.41) is 11.1. The summed E-state index contributed by atoms with van der Waals surface area (Å²) in [5.41, 5.74) is 0.828. The van der Waals surface area contributed by atoms with Crippen molar-refractivity contribution in [2.75, 3.05) is 11.9 Å². The smallest absolute Gasteiger partial charge is 0.338 e. The Hall–Kier alpha value is -3.40. The van der Waals surface area contributed by atoms with Gasteiger partial charge in [-0.25, -0.2) is 9.78 Å². The van der Waals surface area contributed by atoms with Crippen LogP contribution in [0, 0.1) is 11.3 Å². The molecule has 2 rings (SSSR count). The molecule has 7 nitrogen and oxygen atoms in total. The molecule has 1 N–H and O–H groups in total. The predicted molar refractivity (Wildman–Crippen MR) is 85.6 cm³/mol. The lowest BCUT2D eigenvalue weighted by Crippen LogP contribution is -2.09. The molecule has 0 aliphatic carbocycles. The van der Waals surface area contributed by atoms with Gasteiger partial charge in [-0.3, -0.25) is 4.79 Å². The minimum absolute atomic E-state index is 0.223. The van der Waals surface area contributed by atoms with Crippen molar-refractivity contribution in [3.63, 3.8) is 0 Å². The van der Waals surface area contributed by atoms with Crippen molar-refractivity contribution in [1.82, 2.24) is 4.98 Å². The zero-order valence-corrected chi connectivity index (χ0v) is 13.0. The zero-order chi connectivity index (χ0) is 17.4. The molecule has 0 unspecified atom stereocenters. The molecule has 0 atom stereocenters. The fraction of sp³-hybridized carbons (Fsp3) is 0.176. The Labute approximate surface area is 138 Å². The summed E-state index contributed by atoms with van der Waals surface area (Å²) in [7, 11) is 0. The van der Waals surface area contributed by atoms with Gasteiger partial charge in [0.05, 0.1) is 18.2 Å². The van der Waals surface area contributed by atoms with Gasteiger partial charge in [-0.1, -0.05) is 6.07 Å². The maximum absolute atomic E-state index is 11.7. The maximum atomic E-state index is 11.7. The number of hydrogen-bond acceptors (Lipinski definition) is 6. The molecule has 0 spiro atoms. The van der Waals surface area contributed by atoms with Crippen molar-refractivity contribution >= 4 is 17.6 Å². The number of nitrogens with zero attached hydrogens (tertiary/aromatic N) is 2. The molecule has 2 aromatic rings. The monoisotopic (exact) mass is 325 g/mol. The fourth-order valence-electron chi connectivity index (χ4n) is 1.84. The van der Waals surface area contributed by atoms with Crippen LogP contribution in [0.5, 0.6) is 11.6 Å². The summed E-state index contributed by atoms with van der Waals surface area (Å²) in [6.45, 7) is 2.00. The van der Waals surface area contributed by atoms with Crippen LogP contribution in [0.15, 0.2) is 42.6 Å². The number of ether oxygens (including phenoxy) is 2. The second kappa shape index (κ2) is 8.29. The van der Waals surface area contributed by atoms with E-state index in [0.29, 0.717) is 17.0 Å². The van der Waals surface area contributed by atoms with Crippen LogP contribution in [0.4, 0.5) is 5.69 Å². The van der Waals surface area contributed by atoms with Gasteiger partial charge < -0.3 is 14.8 Å². The summed E-state index contributed by atoms with van der Waals surface area (Å²) in [4.78, 5) is 27.2. The second-order valence-electron chi connectivity index (χ2n) is 4.62. The second-order valence-corrected chi connectivity index (χ2v) is 4.62. The lowest BCUT2D eigenvalue weighted by atomic mass is 10.2. The molecule has 0 saturated heterocycles. The zero-order valence-electron chi connectivity index (χ0n) is 13.0. The average Bonchev–Trinajstić information content (AvgIpc) is 2.56. The first kappa shape index (κ1) is 17.0. The topological polar surface area (TPSA) is 101 Å². The highest BCUT2D eigenvalue weighted by atomic mass is 16.5. The highest BCUT2D eigenvalue weighted by Crippen LogP contribution is 2.23. The number of nitrogens with one attached hydrogen (secondary N) is 1. The van der Waals surface area contributed by atoms with Gasteiger partial charge in [0.25, 0.3) is 0 Å². The maximum Gasteiger partial charge on any atom is 0.338 e. The Kier molecular flexibility index (Phi) is 5.86. The summed E-state index contributed by atoms with van der Waals surface area (Å²) in [6.07, 6.45) is 1.22. The number of esters is 1. The van der Waals surface area contributed by atoms with Gasteiger partial charge in [-0.2, -0.15) is 5.26 Å². The van der Waals surface area contributed by atoms with E-state index in [2.05, 4.69) is 10.3 Å². The highest BCUT2D eigenvalue weighted by molar-refractivity contribution is 5.92. The average molecular weight is 325 g/mol. The summed E-state index contributed by atoms with van der Waals surface area (Å²) in [5.74, 6) is -0.210. The molecule has 1 aromatic heterocycles. The van der Waals surface area contributed by atoms with Crippen molar-refractivity contribution in [1.29, 1.82) is 5.26 Å². The number of rotatable bonds is 6. The number of pyridine rings is 1. The number of benzene rings is 1. The van der Waals surface area contributed by atoms with E-state index in [-0.39, 0.29) is 18.9 Å². The molecule has 0 fully saturated rings. The van der Waals surface area contributed by atoms with Crippen LogP contribution in [0.1, 0.15) is 23.7 Å². The number of anilines is 1. The Bertz CT molecular complexity index is 783. The van der Waals surface area contributed by atoms with Crippen LogP contribution in [0.2, 0.25) is 0 Å². The molecule has 24 heavy (non-hydrogen) atoms. The number of nitriles is 1. The number of amides is 1. The van der Waals surface area contributed by atoms with Crippen LogP contribution in [0.25, 0.3) is 0 Å². The Morgan fingerprint density at radius 3 is 2.88 bits per heavy atom. The molecule has 0 bridgehead atoms. The van der Waals surface area contributed by atoms with Crippen LogP contribution in [0.3, 0.4) is 0 Å². The SMILES string of the molecule is CCOC(=O)c1ccnc(Oc2cccc(NC(=O)CC#N)c2)c1. The molecule has 1 aromatic carbocycles. The van der Waals surface area contributed by atoms with Crippen molar-refractivity contribution < 1.29 is 19.1 Å². The van der Waals surface area contributed by atoms with Gasteiger partial charge in [0.1, 0.15) is 12.2 Å². The molecule has 7 heteroatoms. The first-order chi connectivity index (χ1) is 11.6. The predicted octanol–water partition coefficient (Wildman–Crippen LogP) is 2.90. The van der Waals surface area contributed by atoms with E-state index in [1.807, 2.05) is 0 Å². The summed E-state index contributed by atoms with van der Waals surface area (Å²) in [6, 6.07) is 11.4. The van der Waals surface area contributed by atoms with E-state index in [4.69, 9.17) is 14.7 Å². The fourth-order valence-corrected chi connectivity index (χ4v) is 1.84. The highest BCUT2D eigenvalue weighted by Gasteiger charge is 2.09. The normalized spacial score (nSPS) is 9.67. The summed E-state index contributed by atoms with van der Waals surface area (Å²) < 4.78 is 10.5. The van der Waals surface area contributed by atoms with E-state index in [1.165, 1.54) is 18.3 Å². The van der Waals surface area contributed by atoms with E-state index < -0.39 is 11.9 Å². The van der Waals surface area contributed by atoms with Gasteiger partial charge in [-0.15, -0.1) is 0 Å². The molecule has 0 aliphatic heterocycles. The molecule has 122 valence electrons. The Morgan fingerprint density at radius 1 is 1.29 bits per heavy atom. The Balaban J connectivity index is 2.11. The number of carbonyl (C=O) groups excluding carboxylic acids is 2. The molecule has 0 aliphatic rings. The van der Waals surface area contributed by atoms with Gasteiger partial charge >= 0.3 is 5.97 Å². The first-order valence-corrected chi connectivity index (χ1v) is 7.20. The summed E-state index contributed by atoms with van der Waals surface area (Å²) >= 11 is 0. The molecule has 0 saturated carbocycles. The van der Waals surface area contributed by atoms with Gasteiger partial charge in [0.15, 0.2) is 0 Å². The van der Waals surface area contributed by atoms with Crippen molar-refractivity contribution in [3.8, 4) is 17.7 Å². The largest absolute Gasteiger partial charge is 0.462 e. The van der Waals surface area contributed by atoms with E-state index in [9.17, 15) is 9.59 Å². The van der Waals surface area contributed by atoms with Gasteiger partial charge in [0.2, 0.25) is 11.8 Å². The molecular formula is C17H15N3O4. The van der Waals surface area contributed by atoms with Gasteiger partial charge in [-0.05, 0) is 25.1 Å². The molecule has 1 amide bonds. The molecule has 1 heterocycles. The third-order valence-corrected chi connectivity index (χ3v) is 2.83. The van der Waals surface area contributed by atoms with E-state index in [0.717, 1.165) is 0 Å². The number of carbonyl (C=O) groups is 2.